The van der Waals surface area contributed by atoms with E-state index in [0.29, 0.717) is 5.92 Å². The molecule has 104 valence electrons. The molecule has 1 saturated heterocycles. The molecule has 0 aliphatic carbocycles. The zero-order valence-electron chi connectivity index (χ0n) is 11.9. The molecule has 1 amide bonds. The highest BCUT2D eigenvalue weighted by Gasteiger charge is 2.25. The minimum Gasteiger partial charge on any atom is -0.349 e. The number of piperidine rings is 1. The second kappa shape index (κ2) is 6.71. The molecule has 2 N–H and O–H groups in total. The van der Waals surface area contributed by atoms with Gasteiger partial charge in [-0.15, -0.1) is 0 Å². The number of benzene rings is 1. The van der Waals surface area contributed by atoms with Crippen LogP contribution >= 0.6 is 0 Å². The lowest BCUT2D eigenvalue weighted by molar-refractivity contribution is -0.126. The van der Waals surface area contributed by atoms with E-state index in [2.05, 4.69) is 36.6 Å². The van der Waals surface area contributed by atoms with Gasteiger partial charge < -0.3 is 10.6 Å². The van der Waals surface area contributed by atoms with Crippen LogP contribution in [0.3, 0.4) is 0 Å². The number of nitrogens with one attached hydrogen (secondary N) is 2. The molecule has 0 spiro atoms. The van der Waals surface area contributed by atoms with Crippen LogP contribution in [0.25, 0.3) is 0 Å². The Kier molecular flexibility index (Phi) is 4.97. The van der Waals surface area contributed by atoms with Gasteiger partial charge in [0.15, 0.2) is 0 Å². The van der Waals surface area contributed by atoms with E-state index in [9.17, 15) is 4.79 Å². The van der Waals surface area contributed by atoms with E-state index in [1.165, 1.54) is 5.56 Å². The van der Waals surface area contributed by atoms with Crippen LogP contribution in [0.1, 0.15) is 38.3 Å². The summed E-state index contributed by atoms with van der Waals surface area (Å²) in [6.45, 7) is 6.15. The van der Waals surface area contributed by atoms with E-state index in [1.54, 1.807) is 0 Å². The molecule has 3 heteroatoms. The van der Waals surface area contributed by atoms with Crippen molar-refractivity contribution in [2.45, 2.75) is 32.7 Å². The van der Waals surface area contributed by atoms with Gasteiger partial charge in [0.2, 0.25) is 5.91 Å². The number of amides is 1. The summed E-state index contributed by atoms with van der Waals surface area (Å²) in [5.41, 5.74) is 1.19. The van der Waals surface area contributed by atoms with Crippen LogP contribution < -0.4 is 10.6 Å². The van der Waals surface area contributed by atoms with Crippen LogP contribution in [0, 0.1) is 11.8 Å². The third kappa shape index (κ3) is 3.80. The summed E-state index contributed by atoms with van der Waals surface area (Å²) in [6.07, 6.45) is 2.09. The first-order valence-corrected chi connectivity index (χ1v) is 7.24. The normalized spacial score (nSPS) is 21.1. The van der Waals surface area contributed by atoms with Gasteiger partial charge in [-0.2, -0.15) is 0 Å². The summed E-state index contributed by atoms with van der Waals surface area (Å²) in [7, 11) is 0. The van der Waals surface area contributed by atoms with E-state index in [-0.39, 0.29) is 17.9 Å². The second-order valence-electron chi connectivity index (χ2n) is 5.68. The van der Waals surface area contributed by atoms with Crippen LogP contribution in [0.5, 0.6) is 0 Å². The number of rotatable bonds is 4. The second-order valence-corrected chi connectivity index (χ2v) is 5.68. The Labute approximate surface area is 115 Å². The maximum Gasteiger partial charge on any atom is 0.224 e. The first-order valence-electron chi connectivity index (χ1n) is 7.24. The van der Waals surface area contributed by atoms with Crippen molar-refractivity contribution in [3.05, 3.63) is 35.9 Å². The zero-order chi connectivity index (χ0) is 13.7. The molecule has 2 rings (SSSR count). The molecule has 1 aliphatic rings. The fourth-order valence-electron chi connectivity index (χ4n) is 2.64. The molecule has 0 radical (unpaired) electrons. The summed E-state index contributed by atoms with van der Waals surface area (Å²) in [5, 5.41) is 6.52. The highest BCUT2D eigenvalue weighted by Crippen LogP contribution is 2.22. The van der Waals surface area contributed by atoms with E-state index >= 15 is 0 Å². The van der Waals surface area contributed by atoms with Gasteiger partial charge in [-0.3, -0.25) is 4.79 Å². The van der Waals surface area contributed by atoms with Crippen LogP contribution in [0.15, 0.2) is 30.3 Å². The third-order valence-corrected chi connectivity index (χ3v) is 3.79. The average molecular weight is 260 g/mol. The van der Waals surface area contributed by atoms with Crippen molar-refractivity contribution in [3.63, 3.8) is 0 Å². The molecule has 3 nitrogen and oxygen atoms in total. The topological polar surface area (TPSA) is 41.1 Å². The summed E-state index contributed by atoms with van der Waals surface area (Å²) in [6, 6.07) is 10.3. The van der Waals surface area contributed by atoms with Gasteiger partial charge in [0.05, 0.1) is 12.0 Å². The number of hydrogen-bond donors (Lipinski definition) is 2. The first kappa shape index (κ1) is 14.1. The van der Waals surface area contributed by atoms with E-state index in [4.69, 9.17) is 0 Å². The van der Waals surface area contributed by atoms with Crippen molar-refractivity contribution < 1.29 is 4.79 Å². The van der Waals surface area contributed by atoms with Crippen molar-refractivity contribution in [2.24, 2.45) is 11.8 Å². The predicted molar refractivity (Wildman–Crippen MR) is 77.8 cm³/mol. The van der Waals surface area contributed by atoms with Gasteiger partial charge in [0.25, 0.3) is 0 Å². The van der Waals surface area contributed by atoms with E-state index in [1.807, 2.05) is 18.2 Å². The van der Waals surface area contributed by atoms with Crippen molar-refractivity contribution in [2.75, 3.05) is 13.1 Å². The van der Waals surface area contributed by atoms with Crippen molar-refractivity contribution in [3.8, 4) is 0 Å². The van der Waals surface area contributed by atoms with E-state index in [0.717, 1.165) is 25.9 Å². The summed E-state index contributed by atoms with van der Waals surface area (Å²) < 4.78 is 0. The monoisotopic (exact) mass is 260 g/mol. The third-order valence-electron chi connectivity index (χ3n) is 3.79. The fourth-order valence-corrected chi connectivity index (χ4v) is 2.64. The Bertz CT molecular complexity index is 396. The molecule has 19 heavy (non-hydrogen) atoms. The molecule has 0 bridgehead atoms. The highest BCUT2D eigenvalue weighted by molar-refractivity contribution is 5.79. The average Bonchev–Trinajstić information content (AvgIpc) is 2.46. The number of carbonyl (C=O) groups excluding carboxylic acids is 1. The minimum atomic E-state index is 0.107. The molecule has 1 fully saturated rings. The van der Waals surface area contributed by atoms with E-state index < -0.39 is 0 Å². The van der Waals surface area contributed by atoms with Gasteiger partial charge in [-0.05, 0) is 30.9 Å². The predicted octanol–water partition coefficient (Wildman–Crippen LogP) is 2.50. The summed E-state index contributed by atoms with van der Waals surface area (Å²) in [4.78, 5) is 12.3. The number of hydrogen-bond acceptors (Lipinski definition) is 2. The largest absolute Gasteiger partial charge is 0.349 e. The van der Waals surface area contributed by atoms with Crippen LogP contribution in [-0.2, 0) is 4.79 Å². The molecule has 0 aromatic heterocycles. The van der Waals surface area contributed by atoms with Gasteiger partial charge in [-0.1, -0.05) is 44.2 Å². The highest BCUT2D eigenvalue weighted by atomic mass is 16.2. The zero-order valence-corrected chi connectivity index (χ0v) is 11.9. The lowest BCUT2D eigenvalue weighted by atomic mass is 9.93. The van der Waals surface area contributed by atoms with Crippen molar-refractivity contribution in [1.82, 2.24) is 10.6 Å². The van der Waals surface area contributed by atoms with Crippen LogP contribution in [-0.4, -0.2) is 19.0 Å². The van der Waals surface area contributed by atoms with Gasteiger partial charge >= 0.3 is 0 Å². The van der Waals surface area contributed by atoms with Crippen LogP contribution in [0.2, 0.25) is 0 Å². The lowest BCUT2D eigenvalue weighted by Crippen LogP contribution is -2.42. The minimum absolute atomic E-state index is 0.107. The number of carbonyl (C=O) groups is 1. The van der Waals surface area contributed by atoms with Gasteiger partial charge in [0.1, 0.15) is 0 Å². The lowest BCUT2D eigenvalue weighted by Gasteiger charge is -2.27. The van der Waals surface area contributed by atoms with Crippen LogP contribution in [0.4, 0.5) is 0 Å². The molecule has 0 saturated carbocycles. The summed E-state index contributed by atoms with van der Waals surface area (Å²) in [5.74, 6) is 0.705. The molecular weight excluding hydrogens is 236 g/mol. The standard InChI is InChI=1S/C16H24N2O/c1-12(2)15(13-7-4-3-5-8-13)18-16(19)14-9-6-10-17-11-14/h3-5,7-8,12,14-15,17H,6,9-11H2,1-2H3,(H,18,19)/t14-,15?/m0/s1. The maximum absolute atomic E-state index is 12.3. The SMILES string of the molecule is CC(C)C(NC(=O)[C@H]1CCCNC1)c1ccccc1. The fraction of sp³-hybridized carbons (Fsp3) is 0.562. The Morgan fingerprint density at radius 2 is 2.05 bits per heavy atom. The Balaban J connectivity index is 2.02. The van der Waals surface area contributed by atoms with Crippen molar-refractivity contribution in [1.29, 1.82) is 0 Å². The molecular formula is C16H24N2O. The Morgan fingerprint density at radius 1 is 1.32 bits per heavy atom. The van der Waals surface area contributed by atoms with Crippen molar-refractivity contribution >= 4 is 5.91 Å². The Morgan fingerprint density at radius 3 is 2.63 bits per heavy atom. The quantitative estimate of drug-likeness (QED) is 0.873. The Hall–Kier alpha value is -1.35. The van der Waals surface area contributed by atoms with Gasteiger partial charge in [-0.25, -0.2) is 0 Å². The molecule has 1 unspecified atom stereocenters. The molecule has 1 heterocycles. The molecule has 1 aliphatic heterocycles. The maximum atomic E-state index is 12.3. The molecule has 2 atom stereocenters. The molecule has 1 aromatic carbocycles. The first-order chi connectivity index (χ1) is 9.18. The smallest absolute Gasteiger partial charge is 0.224 e. The van der Waals surface area contributed by atoms with Gasteiger partial charge in [0, 0.05) is 6.54 Å². The summed E-state index contributed by atoms with van der Waals surface area (Å²) >= 11 is 0. The molecule has 1 aromatic rings.